The van der Waals surface area contributed by atoms with Crippen molar-refractivity contribution in [1.82, 2.24) is 19.9 Å². The van der Waals surface area contributed by atoms with Crippen molar-refractivity contribution in [2.75, 3.05) is 43.1 Å². The second kappa shape index (κ2) is 6.39. The lowest BCUT2D eigenvalue weighted by Crippen LogP contribution is -2.47. The molecule has 0 saturated carbocycles. The van der Waals surface area contributed by atoms with Gasteiger partial charge in [0.05, 0.1) is 19.5 Å². The van der Waals surface area contributed by atoms with E-state index in [4.69, 9.17) is 9.15 Å². The maximum atomic E-state index is 6.06. The number of rotatable bonds is 3. The van der Waals surface area contributed by atoms with Crippen LogP contribution in [0.25, 0.3) is 22.1 Å². The number of furan rings is 1. The Morgan fingerprint density at radius 1 is 1.00 bits per heavy atom. The number of benzene rings is 1. The molecule has 8 heteroatoms. The summed E-state index contributed by atoms with van der Waals surface area (Å²) >= 11 is 0. The molecule has 3 aromatic heterocycles. The van der Waals surface area contributed by atoms with E-state index in [0.717, 1.165) is 59.9 Å². The van der Waals surface area contributed by atoms with Crippen LogP contribution in [0, 0.1) is 0 Å². The molecular formula is C19H18N6O2. The Bertz CT molecular complexity index is 1100. The van der Waals surface area contributed by atoms with Crippen molar-refractivity contribution in [1.29, 1.82) is 0 Å². The average molecular weight is 362 g/mol. The van der Waals surface area contributed by atoms with E-state index >= 15 is 0 Å². The van der Waals surface area contributed by atoms with E-state index in [9.17, 15) is 0 Å². The fourth-order valence-corrected chi connectivity index (χ4v) is 3.47. The Labute approximate surface area is 155 Å². The van der Waals surface area contributed by atoms with Crippen molar-refractivity contribution in [3.05, 3.63) is 43.0 Å². The van der Waals surface area contributed by atoms with E-state index in [1.807, 2.05) is 24.3 Å². The van der Waals surface area contributed by atoms with Crippen LogP contribution < -0.4 is 14.5 Å². The first-order chi connectivity index (χ1) is 13.3. The Morgan fingerprint density at radius 3 is 2.67 bits per heavy atom. The zero-order chi connectivity index (χ0) is 18.2. The van der Waals surface area contributed by atoms with Crippen molar-refractivity contribution in [2.24, 2.45) is 0 Å². The molecular weight excluding hydrogens is 344 g/mol. The number of ether oxygens (including phenoxy) is 1. The van der Waals surface area contributed by atoms with E-state index in [-0.39, 0.29) is 0 Å². The summed E-state index contributed by atoms with van der Waals surface area (Å²) in [7, 11) is 1.60. The predicted octanol–water partition coefficient (Wildman–Crippen LogP) is 2.50. The van der Waals surface area contributed by atoms with Crippen LogP contribution in [0.3, 0.4) is 0 Å². The molecule has 1 aliphatic rings. The first kappa shape index (κ1) is 15.8. The highest BCUT2D eigenvalue weighted by Gasteiger charge is 2.23. The molecule has 0 aliphatic carbocycles. The monoisotopic (exact) mass is 362 g/mol. The number of fused-ring (bicyclic) bond motifs is 3. The van der Waals surface area contributed by atoms with Gasteiger partial charge in [0.2, 0.25) is 5.88 Å². The minimum Gasteiger partial charge on any atom is -0.480 e. The van der Waals surface area contributed by atoms with Gasteiger partial charge >= 0.3 is 0 Å². The fourth-order valence-electron chi connectivity index (χ4n) is 3.47. The SMILES string of the molecule is COc1cncc(N2CCN(c3ncnc4c3oc3ccccc34)CC2)n1. The van der Waals surface area contributed by atoms with Crippen LogP contribution in [0.4, 0.5) is 11.6 Å². The van der Waals surface area contributed by atoms with Crippen LogP contribution in [0.2, 0.25) is 0 Å². The molecule has 0 spiro atoms. The summed E-state index contributed by atoms with van der Waals surface area (Å²) in [6.07, 6.45) is 4.98. The van der Waals surface area contributed by atoms with E-state index < -0.39 is 0 Å². The molecule has 1 aliphatic heterocycles. The Balaban J connectivity index is 1.42. The van der Waals surface area contributed by atoms with Crippen LogP contribution in [-0.4, -0.2) is 53.2 Å². The fraction of sp³-hybridized carbons (Fsp3) is 0.263. The van der Waals surface area contributed by atoms with Crippen molar-refractivity contribution >= 4 is 33.7 Å². The molecule has 1 aromatic carbocycles. The van der Waals surface area contributed by atoms with Gasteiger partial charge < -0.3 is 19.0 Å². The molecule has 0 amide bonds. The molecule has 0 N–H and O–H groups in total. The number of para-hydroxylation sites is 1. The van der Waals surface area contributed by atoms with Crippen molar-refractivity contribution in [3.63, 3.8) is 0 Å². The summed E-state index contributed by atoms with van der Waals surface area (Å²) in [4.78, 5) is 22.0. The number of nitrogens with zero attached hydrogens (tertiary/aromatic N) is 6. The first-order valence-electron chi connectivity index (χ1n) is 8.81. The number of hydrogen-bond donors (Lipinski definition) is 0. The summed E-state index contributed by atoms with van der Waals surface area (Å²) in [6, 6.07) is 7.94. The van der Waals surface area contributed by atoms with Crippen molar-refractivity contribution in [3.8, 4) is 5.88 Å². The smallest absolute Gasteiger partial charge is 0.233 e. The van der Waals surface area contributed by atoms with E-state index in [2.05, 4.69) is 29.7 Å². The third kappa shape index (κ3) is 2.69. The maximum Gasteiger partial charge on any atom is 0.233 e. The lowest BCUT2D eigenvalue weighted by atomic mass is 10.2. The highest BCUT2D eigenvalue weighted by molar-refractivity contribution is 6.05. The lowest BCUT2D eigenvalue weighted by molar-refractivity contribution is 0.395. The summed E-state index contributed by atoms with van der Waals surface area (Å²) in [5, 5.41) is 1.02. The van der Waals surface area contributed by atoms with Crippen LogP contribution in [-0.2, 0) is 0 Å². The zero-order valence-electron chi connectivity index (χ0n) is 14.9. The molecule has 8 nitrogen and oxygen atoms in total. The van der Waals surface area contributed by atoms with Gasteiger partial charge in [-0.1, -0.05) is 12.1 Å². The zero-order valence-corrected chi connectivity index (χ0v) is 14.9. The van der Waals surface area contributed by atoms with Gasteiger partial charge in [-0.25, -0.2) is 9.97 Å². The van der Waals surface area contributed by atoms with E-state index in [1.54, 1.807) is 25.8 Å². The molecule has 4 heterocycles. The molecule has 136 valence electrons. The van der Waals surface area contributed by atoms with Gasteiger partial charge in [-0.05, 0) is 12.1 Å². The van der Waals surface area contributed by atoms with Gasteiger partial charge in [0.15, 0.2) is 17.2 Å². The maximum absolute atomic E-state index is 6.06. The highest BCUT2D eigenvalue weighted by Crippen LogP contribution is 2.32. The summed E-state index contributed by atoms with van der Waals surface area (Å²) in [6.45, 7) is 3.24. The van der Waals surface area contributed by atoms with Crippen LogP contribution in [0.15, 0.2) is 47.4 Å². The molecule has 5 rings (SSSR count). The number of aromatic nitrogens is 4. The largest absolute Gasteiger partial charge is 0.480 e. The van der Waals surface area contributed by atoms with Crippen LogP contribution >= 0.6 is 0 Å². The Hall–Kier alpha value is -3.42. The molecule has 1 saturated heterocycles. The van der Waals surface area contributed by atoms with Gasteiger partial charge in [-0.2, -0.15) is 4.98 Å². The molecule has 1 fully saturated rings. The standard InChI is InChI=1S/C19H18N6O2/c1-26-16-11-20-10-15(23-16)24-6-8-25(9-7-24)19-18-17(21-12-22-19)13-4-2-3-5-14(13)27-18/h2-5,10-12H,6-9H2,1H3. The number of hydrogen-bond acceptors (Lipinski definition) is 8. The normalized spacial score (nSPS) is 14.9. The Morgan fingerprint density at radius 2 is 1.81 bits per heavy atom. The van der Waals surface area contributed by atoms with Crippen LogP contribution in [0.5, 0.6) is 5.88 Å². The Kier molecular flexibility index (Phi) is 3.74. The lowest BCUT2D eigenvalue weighted by Gasteiger charge is -2.35. The second-order valence-electron chi connectivity index (χ2n) is 6.37. The first-order valence-corrected chi connectivity index (χ1v) is 8.81. The summed E-state index contributed by atoms with van der Waals surface area (Å²) in [5.41, 5.74) is 2.43. The van der Waals surface area contributed by atoms with E-state index in [0.29, 0.717) is 5.88 Å². The van der Waals surface area contributed by atoms with Crippen LogP contribution in [0.1, 0.15) is 0 Å². The average Bonchev–Trinajstić information content (AvgIpc) is 3.13. The minimum atomic E-state index is 0.523. The third-order valence-corrected chi connectivity index (χ3v) is 4.85. The third-order valence-electron chi connectivity index (χ3n) is 4.85. The van der Waals surface area contributed by atoms with Gasteiger partial charge in [0, 0.05) is 31.6 Å². The number of methoxy groups -OCH3 is 1. The van der Waals surface area contributed by atoms with Gasteiger partial charge in [-0.15, -0.1) is 0 Å². The van der Waals surface area contributed by atoms with Gasteiger partial charge in [0.25, 0.3) is 0 Å². The highest BCUT2D eigenvalue weighted by atomic mass is 16.5. The van der Waals surface area contributed by atoms with Gasteiger partial charge in [-0.3, -0.25) is 4.98 Å². The predicted molar refractivity (Wildman–Crippen MR) is 102 cm³/mol. The van der Waals surface area contributed by atoms with Crippen molar-refractivity contribution < 1.29 is 9.15 Å². The molecule has 27 heavy (non-hydrogen) atoms. The summed E-state index contributed by atoms with van der Waals surface area (Å²) < 4.78 is 11.2. The van der Waals surface area contributed by atoms with E-state index in [1.165, 1.54) is 0 Å². The quantitative estimate of drug-likeness (QED) is 0.550. The molecule has 0 bridgehead atoms. The molecule has 0 atom stereocenters. The number of piperazine rings is 1. The molecule has 0 radical (unpaired) electrons. The topological polar surface area (TPSA) is 80.4 Å². The van der Waals surface area contributed by atoms with Crippen molar-refractivity contribution in [2.45, 2.75) is 0 Å². The molecule has 4 aromatic rings. The summed E-state index contributed by atoms with van der Waals surface area (Å²) in [5.74, 6) is 2.19. The minimum absolute atomic E-state index is 0.523. The second-order valence-corrected chi connectivity index (χ2v) is 6.37. The van der Waals surface area contributed by atoms with Gasteiger partial charge in [0.1, 0.15) is 17.4 Å². The number of anilines is 2. The molecule has 0 unspecified atom stereocenters.